The fraction of sp³-hybridized carbons (Fsp3) is 0.750. The molecule has 0 saturated heterocycles. The van der Waals surface area contributed by atoms with Crippen LogP contribution in [-0.4, -0.2) is 66.6 Å². The lowest BCUT2D eigenvalue weighted by Crippen LogP contribution is -2.45. The van der Waals surface area contributed by atoms with Crippen molar-refractivity contribution in [3.63, 3.8) is 0 Å². The van der Waals surface area contributed by atoms with Crippen molar-refractivity contribution in [2.24, 2.45) is 12.0 Å². The van der Waals surface area contributed by atoms with E-state index in [2.05, 4.69) is 20.7 Å². The highest BCUT2D eigenvalue weighted by molar-refractivity contribution is 14.0. The van der Waals surface area contributed by atoms with Crippen molar-refractivity contribution in [1.29, 1.82) is 0 Å². The third kappa shape index (κ3) is 8.56. The first-order valence-corrected chi connectivity index (χ1v) is 8.25. The quantitative estimate of drug-likeness (QED) is 0.350. The Labute approximate surface area is 170 Å². The van der Waals surface area contributed by atoms with Gasteiger partial charge in [-0.25, -0.2) is 0 Å². The Morgan fingerprint density at radius 3 is 2.42 bits per heavy atom. The van der Waals surface area contributed by atoms with Crippen LogP contribution in [-0.2, 0) is 13.5 Å². The van der Waals surface area contributed by atoms with Crippen molar-refractivity contribution >= 4 is 29.9 Å². The molecule has 1 aromatic rings. The molecule has 0 fully saturated rings. The van der Waals surface area contributed by atoms with Crippen LogP contribution in [0.15, 0.2) is 4.99 Å². The molecule has 0 spiro atoms. The Kier molecular flexibility index (Phi) is 10.5. The third-order valence-corrected chi connectivity index (χ3v) is 4.01. The fourth-order valence-electron chi connectivity index (χ4n) is 2.65. The second-order valence-electron chi connectivity index (χ2n) is 6.37. The number of rotatable bonds is 7. The first-order chi connectivity index (χ1) is 11.5. The molecule has 1 heterocycles. The molecule has 1 aromatic heterocycles. The Morgan fingerprint density at radius 1 is 1.35 bits per heavy atom. The van der Waals surface area contributed by atoms with E-state index in [1.54, 1.807) is 7.05 Å². The monoisotopic (exact) mass is 490 g/mol. The summed E-state index contributed by atoms with van der Waals surface area (Å²) >= 11 is 0. The van der Waals surface area contributed by atoms with E-state index in [4.69, 9.17) is 0 Å². The summed E-state index contributed by atoms with van der Waals surface area (Å²) < 4.78 is 38.8. The van der Waals surface area contributed by atoms with Gasteiger partial charge in [-0.1, -0.05) is 0 Å². The molecule has 26 heavy (non-hydrogen) atoms. The Bertz CT molecular complexity index is 585. The number of halogens is 4. The first kappa shape index (κ1) is 25.0. The molecule has 0 aliphatic heterocycles. The van der Waals surface area contributed by atoms with E-state index in [-0.39, 0.29) is 36.6 Å². The standard InChI is InChI=1S/C16H29F3N6.HI/c1-11(9-14-12(2)23-25(6)13(14)3)22-15(20-4)21-7-8-24(5)10-16(17,18)19;/h11H,7-10H2,1-6H3,(H2,20,21,22);1H. The summed E-state index contributed by atoms with van der Waals surface area (Å²) in [5, 5.41) is 10.7. The molecule has 6 nitrogen and oxygen atoms in total. The molecule has 1 unspecified atom stereocenters. The predicted molar refractivity (Wildman–Crippen MR) is 109 cm³/mol. The predicted octanol–water partition coefficient (Wildman–Crippen LogP) is 2.25. The number of aliphatic imine (C=N–C) groups is 1. The molecule has 0 radical (unpaired) electrons. The lowest BCUT2D eigenvalue weighted by Gasteiger charge is -2.21. The average Bonchev–Trinajstić information content (AvgIpc) is 2.70. The van der Waals surface area contributed by atoms with Gasteiger partial charge in [0.25, 0.3) is 0 Å². The van der Waals surface area contributed by atoms with E-state index >= 15 is 0 Å². The summed E-state index contributed by atoms with van der Waals surface area (Å²) in [5.41, 5.74) is 3.33. The number of hydrogen-bond acceptors (Lipinski definition) is 3. The van der Waals surface area contributed by atoms with Crippen LogP contribution in [0, 0.1) is 13.8 Å². The van der Waals surface area contributed by atoms with Crippen molar-refractivity contribution in [3.8, 4) is 0 Å². The van der Waals surface area contributed by atoms with Crippen LogP contribution in [0.5, 0.6) is 0 Å². The zero-order chi connectivity index (χ0) is 19.2. The summed E-state index contributed by atoms with van der Waals surface area (Å²) in [6.45, 7) is 5.79. The van der Waals surface area contributed by atoms with Crippen molar-refractivity contribution in [3.05, 3.63) is 17.0 Å². The van der Waals surface area contributed by atoms with Gasteiger partial charge in [0.1, 0.15) is 0 Å². The van der Waals surface area contributed by atoms with Crippen molar-refractivity contribution in [2.45, 2.75) is 39.4 Å². The highest BCUT2D eigenvalue weighted by Crippen LogP contribution is 2.15. The number of alkyl halides is 3. The maximum atomic E-state index is 12.3. The minimum Gasteiger partial charge on any atom is -0.355 e. The van der Waals surface area contributed by atoms with Gasteiger partial charge in [0.15, 0.2) is 5.96 Å². The number of likely N-dealkylation sites (N-methyl/N-ethyl adjacent to an activating group) is 1. The summed E-state index contributed by atoms with van der Waals surface area (Å²) in [5.74, 6) is 0.576. The highest BCUT2D eigenvalue weighted by Gasteiger charge is 2.28. The molecule has 0 bridgehead atoms. The molecule has 10 heteroatoms. The van der Waals surface area contributed by atoms with E-state index in [1.165, 1.54) is 17.5 Å². The lowest BCUT2D eigenvalue weighted by molar-refractivity contribution is -0.142. The molecular formula is C16H30F3IN6. The van der Waals surface area contributed by atoms with E-state index < -0.39 is 12.7 Å². The Balaban J connectivity index is 0.00000625. The van der Waals surface area contributed by atoms with Crippen LogP contribution in [0.4, 0.5) is 13.2 Å². The van der Waals surface area contributed by atoms with Gasteiger partial charge < -0.3 is 10.6 Å². The maximum Gasteiger partial charge on any atom is 0.401 e. The number of hydrogen-bond donors (Lipinski definition) is 2. The summed E-state index contributed by atoms with van der Waals surface area (Å²) in [4.78, 5) is 5.35. The molecular weight excluding hydrogens is 460 g/mol. The zero-order valence-corrected chi connectivity index (χ0v) is 18.6. The molecule has 152 valence electrons. The van der Waals surface area contributed by atoms with Crippen LogP contribution in [0.1, 0.15) is 23.9 Å². The molecule has 0 aliphatic carbocycles. The minimum absolute atomic E-state index is 0. The largest absolute Gasteiger partial charge is 0.401 e. The number of nitrogens with one attached hydrogen (secondary N) is 2. The second-order valence-corrected chi connectivity index (χ2v) is 6.37. The lowest BCUT2D eigenvalue weighted by atomic mass is 10.1. The maximum absolute atomic E-state index is 12.3. The van der Waals surface area contributed by atoms with Crippen molar-refractivity contribution in [1.82, 2.24) is 25.3 Å². The topological polar surface area (TPSA) is 57.5 Å². The van der Waals surface area contributed by atoms with Gasteiger partial charge in [0.05, 0.1) is 12.2 Å². The zero-order valence-electron chi connectivity index (χ0n) is 16.2. The Hall–Kier alpha value is -1.04. The van der Waals surface area contributed by atoms with Crippen molar-refractivity contribution in [2.75, 3.05) is 33.7 Å². The molecule has 1 atom stereocenters. The van der Waals surface area contributed by atoms with Crippen LogP contribution in [0.3, 0.4) is 0 Å². The number of nitrogens with zero attached hydrogens (tertiary/aromatic N) is 4. The third-order valence-electron chi connectivity index (χ3n) is 4.01. The average molecular weight is 490 g/mol. The van der Waals surface area contributed by atoms with Gasteiger partial charge in [-0.3, -0.25) is 14.6 Å². The van der Waals surface area contributed by atoms with Gasteiger partial charge in [-0.05, 0) is 39.8 Å². The summed E-state index contributed by atoms with van der Waals surface area (Å²) in [7, 11) is 5.01. The van der Waals surface area contributed by atoms with Crippen LogP contribution < -0.4 is 10.6 Å². The van der Waals surface area contributed by atoms with Crippen LogP contribution >= 0.6 is 24.0 Å². The van der Waals surface area contributed by atoms with Crippen LogP contribution in [0.25, 0.3) is 0 Å². The van der Waals surface area contributed by atoms with Gasteiger partial charge in [0, 0.05) is 38.9 Å². The fourth-order valence-corrected chi connectivity index (χ4v) is 2.65. The van der Waals surface area contributed by atoms with E-state index in [9.17, 15) is 13.2 Å². The van der Waals surface area contributed by atoms with Crippen molar-refractivity contribution < 1.29 is 13.2 Å². The molecule has 0 amide bonds. The molecule has 0 saturated carbocycles. The molecule has 0 aliphatic rings. The second kappa shape index (κ2) is 11.0. The molecule has 1 rings (SSSR count). The van der Waals surface area contributed by atoms with E-state index in [0.717, 1.165) is 17.8 Å². The van der Waals surface area contributed by atoms with Gasteiger partial charge in [0.2, 0.25) is 0 Å². The normalized spacial score (nSPS) is 13.5. The number of aromatic nitrogens is 2. The van der Waals surface area contributed by atoms with E-state index in [0.29, 0.717) is 12.5 Å². The molecule has 0 aromatic carbocycles. The van der Waals surface area contributed by atoms with Gasteiger partial charge in [-0.2, -0.15) is 18.3 Å². The molecule has 2 N–H and O–H groups in total. The number of aryl methyl sites for hydroxylation is 2. The van der Waals surface area contributed by atoms with Crippen LogP contribution in [0.2, 0.25) is 0 Å². The SMILES string of the molecule is CN=C(NCCN(C)CC(F)(F)F)NC(C)Cc1c(C)nn(C)c1C.I. The number of guanidine groups is 1. The summed E-state index contributed by atoms with van der Waals surface area (Å²) in [6.07, 6.45) is -3.39. The smallest absolute Gasteiger partial charge is 0.355 e. The Morgan fingerprint density at radius 2 is 1.96 bits per heavy atom. The highest BCUT2D eigenvalue weighted by atomic mass is 127. The summed E-state index contributed by atoms with van der Waals surface area (Å²) in [6, 6.07) is 0.112. The van der Waals surface area contributed by atoms with E-state index in [1.807, 2.05) is 32.5 Å². The van der Waals surface area contributed by atoms with Gasteiger partial charge >= 0.3 is 6.18 Å². The first-order valence-electron chi connectivity index (χ1n) is 8.25. The minimum atomic E-state index is -4.18. The van der Waals surface area contributed by atoms with Gasteiger partial charge in [-0.15, -0.1) is 24.0 Å².